The lowest BCUT2D eigenvalue weighted by Gasteiger charge is -2.13. The van der Waals surface area contributed by atoms with Crippen molar-refractivity contribution < 1.29 is 9.90 Å². The minimum atomic E-state index is -0.936. The van der Waals surface area contributed by atoms with E-state index in [1.807, 2.05) is 43.3 Å². The van der Waals surface area contributed by atoms with Crippen molar-refractivity contribution in [1.29, 1.82) is 0 Å². The van der Waals surface area contributed by atoms with Crippen LogP contribution in [0.2, 0.25) is 0 Å². The number of nitrogens with one attached hydrogen (secondary N) is 1. The average Bonchev–Trinajstić information content (AvgIpc) is 2.85. The van der Waals surface area contributed by atoms with Crippen LogP contribution in [0.15, 0.2) is 24.3 Å². The van der Waals surface area contributed by atoms with Crippen LogP contribution in [0, 0.1) is 13.8 Å². The Morgan fingerprint density at radius 3 is 2.42 bits per heavy atom. The van der Waals surface area contributed by atoms with Gasteiger partial charge in [0, 0.05) is 25.5 Å². The summed E-state index contributed by atoms with van der Waals surface area (Å²) in [7, 11) is 3.98. The molecule has 3 aromatic rings. The van der Waals surface area contributed by atoms with Crippen molar-refractivity contribution in [3.8, 4) is 0 Å². The number of aromatic carboxylic acids is 1. The predicted molar refractivity (Wildman–Crippen MR) is 97.9 cm³/mol. The van der Waals surface area contributed by atoms with Crippen LogP contribution >= 0.6 is 11.3 Å². The fourth-order valence-corrected chi connectivity index (χ4v) is 3.58. The smallest absolute Gasteiger partial charge is 0.346 e. The first-order valence-electron chi connectivity index (χ1n) is 7.42. The van der Waals surface area contributed by atoms with E-state index in [1.165, 1.54) is 11.3 Å². The predicted octanol–water partition coefficient (Wildman–Crippen LogP) is 3.82. The standard InChI is InChI=1S/C17H18N4O2S/c1-9-13-15(20-11-5-7-12(8-6-11)21(3)4)18-10(2)19-16(13)24-14(9)17(22)23/h5-8H,1-4H3,(H,22,23)(H,18,19,20). The summed E-state index contributed by atoms with van der Waals surface area (Å²) in [5, 5.41) is 13.4. The van der Waals surface area contributed by atoms with Gasteiger partial charge in [0.25, 0.3) is 0 Å². The number of thiophene rings is 1. The molecule has 6 nitrogen and oxygen atoms in total. The number of carboxylic acids is 1. The second kappa shape index (κ2) is 6.09. The van der Waals surface area contributed by atoms with Gasteiger partial charge in [-0.25, -0.2) is 14.8 Å². The maximum atomic E-state index is 11.4. The van der Waals surface area contributed by atoms with E-state index in [4.69, 9.17) is 0 Å². The van der Waals surface area contributed by atoms with Crippen molar-refractivity contribution in [1.82, 2.24) is 9.97 Å². The van der Waals surface area contributed by atoms with Crippen LogP contribution in [0.25, 0.3) is 10.2 Å². The Kier molecular flexibility index (Phi) is 4.11. The van der Waals surface area contributed by atoms with Gasteiger partial charge in [-0.3, -0.25) is 0 Å². The number of hydrogen-bond donors (Lipinski definition) is 2. The van der Waals surface area contributed by atoms with E-state index in [9.17, 15) is 9.90 Å². The summed E-state index contributed by atoms with van der Waals surface area (Å²) in [6.45, 7) is 3.59. The molecule has 1 aromatic carbocycles. The van der Waals surface area contributed by atoms with E-state index in [0.29, 0.717) is 26.9 Å². The Bertz CT molecular complexity index is 916. The van der Waals surface area contributed by atoms with E-state index in [0.717, 1.165) is 16.8 Å². The number of hydrogen-bond acceptors (Lipinski definition) is 6. The van der Waals surface area contributed by atoms with Crippen LogP contribution in [0.3, 0.4) is 0 Å². The average molecular weight is 342 g/mol. The van der Waals surface area contributed by atoms with E-state index in [1.54, 1.807) is 13.8 Å². The summed E-state index contributed by atoms with van der Waals surface area (Å²) in [6.07, 6.45) is 0. The number of rotatable bonds is 4. The Morgan fingerprint density at radius 1 is 1.17 bits per heavy atom. The fourth-order valence-electron chi connectivity index (χ4n) is 2.52. The lowest BCUT2D eigenvalue weighted by Crippen LogP contribution is -2.08. The monoisotopic (exact) mass is 342 g/mol. The van der Waals surface area contributed by atoms with E-state index < -0.39 is 5.97 Å². The molecule has 124 valence electrons. The van der Waals surface area contributed by atoms with Crippen molar-refractivity contribution in [2.24, 2.45) is 0 Å². The number of carbonyl (C=O) groups is 1. The normalized spacial score (nSPS) is 10.8. The molecule has 0 saturated heterocycles. The van der Waals surface area contributed by atoms with Gasteiger partial charge in [-0.15, -0.1) is 11.3 Å². The minimum Gasteiger partial charge on any atom is -0.477 e. The summed E-state index contributed by atoms with van der Waals surface area (Å²) in [6, 6.07) is 7.96. The lowest BCUT2D eigenvalue weighted by molar-refractivity contribution is 0.0701. The first kappa shape index (κ1) is 16.2. The first-order valence-corrected chi connectivity index (χ1v) is 8.24. The molecule has 0 aliphatic carbocycles. The van der Waals surface area contributed by atoms with Crippen LogP contribution in [0.1, 0.15) is 21.1 Å². The third kappa shape index (κ3) is 2.90. The fraction of sp³-hybridized carbons (Fsp3) is 0.235. The molecular formula is C17H18N4O2S. The molecule has 0 fully saturated rings. The van der Waals surface area contributed by atoms with Crippen LogP contribution in [0.4, 0.5) is 17.2 Å². The Labute approximate surface area is 143 Å². The molecule has 0 saturated carbocycles. The van der Waals surface area contributed by atoms with Gasteiger partial charge < -0.3 is 15.3 Å². The highest BCUT2D eigenvalue weighted by Gasteiger charge is 2.19. The number of aryl methyl sites for hydroxylation is 2. The zero-order valence-electron chi connectivity index (χ0n) is 13.9. The van der Waals surface area contributed by atoms with Crippen molar-refractivity contribution in [3.63, 3.8) is 0 Å². The second-order valence-corrected chi connectivity index (χ2v) is 6.73. The zero-order chi connectivity index (χ0) is 17.4. The molecule has 2 heterocycles. The van der Waals surface area contributed by atoms with Crippen LogP contribution in [-0.2, 0) is 0 Å². The number of nitrogens with zero attached hydrogens (tertiary/aromatic N) is 3. The number of fused-ring (bicyclic) bond motifs is 1. The molecule has 0 amide bonds. The molecule has 2 N–H and O–H groups in total. The molecular weight excluding hydrogens is 324 g/mol. The molecule has 24 heavy (non-hydrogen) atoms. The van der Waals surface area contributed by atoms with Gasteiger partial charge in [-0.2, -0.15) is 0 Å². The largest absolute Gasteiger partial charge is 0.477 e. The number of carboxylic acid groups (broad SMARTS) is 1. The maximum absolute atomic E-state index is 11.4. The minimum absolute atomic E-state index is 0.302. The van der Waals surface area contributed by atoms with Crippen LogP contribution < -0.4 is 10.2 Å². The zero-order valence-corrected chi connectivity index (χ0v) is 14.7. The SMILES string of the molecule is Cc1nc(Nc2ccc(N(C)C)cc2)c2c(C)c(C(=O)O)sc2n1. The van der Waals surface area contributed by atoms with Gasteiger partial charge >= 0.3 is 5.97 Å². The van der Waals surface area contributed by atoms with Gasteiger partial charge in [-0.1, -0.05) is 0 Å². The Morgan fingerprint density at radius 2 is 1.83 bits per heavy atom. The second-order valence-electron chi connectivity index (χ2n) is 5.73. The number of anilines is 3. The molecule has 0 radical (unpaired) electrons. The molecule has 0 bridgehead atoms. The Balaban J connectivity index is 2.06. The molecule has 0 aliphatic heterocycles. The van der Waals surface area contributed by atoms with Crippen molar-refractivity contribution >= 4 is 44.7 Å². The van der Waals surface area contributed by atoms with Crippen LogP contribution in [-0.4, -0.2) is 35.1 Å². The van der Waals surface area contributed by atoms with E-state index >= 15 is 0 Å². The summed E-state index contributed by atoms with van der Waals surface area (Å²) in [5.41, 5.74) is 2.68. The molecule has 3 rings (SSSR count). The molecule has 7 heteroatoms. The number of aromatic nitrogens is 2. The van der Waals surface area contributed by atoms with Gasteiger partial charge in [-0.05, 0) is 43.7 Å². The molecule has 0 aliphatic rings. The van der Waals surface area contributed by atoms with Gasteiger partial charge in [0.15, 0.2) is 0 Å². The van der Waals surface area contributed by atoms with Crippen molar-refractivity contribution in [3.05, 3.63) is 40.5 Å². The maximum Gasteiger partial charge on any atom is 0.346 e. The Hall–Kier alpha value is -2.67. The topological polar surface area (TPSA) is 78.4 Å². The highest BCUT2D eigenvalue weighted by atomic mass is 32.1. The molecule has 2 aromatic heterocycles. The summed E-state index contributed by atoms with van der Waals surface area (Å²) in [5.74, 6) is 0.305. The highest BCUT2D eigenvalue weighted by molar-refractivity contribution is 7.20. The molecule has 0 atom stereocenters. The molecule has 0 unspecified atom stereocenters. The summed E-state index contributed by atoms with van der Waals surface area (Å²) < 4.78 is 0. The number of benzene rings is 1. The van der Waals surface area contributed by atoms with E-state index in [2.05, 4.69) is 15.3 Å². The van der Waals surface area contributed by atoms with Crippen LogP contribution in [0.5, 0.6) is 0 Å². The van der Waals surface area contributed by atoms with Crippen molar-refractivity contribution in [2.75, 3.05) is 24.3 Å². The quantitative estimate of drug-likeness (QED) is 0.750. The molecule has 0 spiro atoms. The van der Waals surface area contributed by atoms with Crippen molar-refractivity contribution in [2.45, 2.75) is 13.8 Å². The summed E-state index contributed by atoms with van der Waals surface area (Å²) in [4.78, 5) is 23.2. The third-order valence-electron chi connectivity index (χ3n) is 3.74. The lowest BCUT2D eigenvalue weighted by atomic mass is 10.2. The van der Waals surface area contributed by atoms with E-state index in [-0.39, 0.29) is 0 Å². The highest BCUT2D eigenvalue weighted by Crippen LogP contribution is 2.35. The summed E-state index contributed by atoms with van der Waals surface area (Å²) >= 11 is 1.18. The first-order chi connectivity index (χ1) is 11.4. The van der Waals surface area contributed by atoms with Gasteiger partial charge in [0.05, 0.1) is 5.39 Å². The van der Waals surface area contributed by atoms with Gasteiger partial charge in [0.1, 0.15) is 21.3 Å². The van der Waals surface area contributed by atoms with Gasteiger partial charge in [0.2, 0.25) is 0 Å². The third-order valence-corrected chi connectivity index (χ3v) is 4.92.